The van der Waals surface area contributed by atoms with Gasteiger partial charge in [0.1, 0.15) is 5.60 Å². The molecule has 0 aliphatic heterocycles. The van der Waals surface area contributed by atoms with E-state index in [1.807, 2.05) is 0 Å². The minimum Gasteiger partial charge on any atom is -0.479 e. The van der Waals surface area contributed by atoms with Crippen LogP contribution in [0.15, 0.2) is 24.5 Å². The molecule has 1 N–H and O–H groups in total. The van der Waals surface area contributed by atoms with Gasteiger partial charge in [-0.05, 0) is 39.8 Å². The van der Waals surface area contributed by atoms with Crippen molar-refractivity contribution in [2.75, 3.05) is 4.90 Å². The molecule has 0 bridgehead atoms. The van der Waals surface area contributed by atoms with Crippen LogP contribution in [0.1, 0.15) is 27.7 Å². The van der Waals surface area contributed by atoms with Gasteiger partial charge in [0.15, 0.2) is 0 Å². The first-order valence-electron chi connectivity index (χ1n) is 5.91. The highest BCUT2D eigenvalue weighted by Gasteiger charge is 2.43. The first kappa shape index (κ1) is 16.2. The normalized spacial score (nSPS) is 14.2. The quantitative estimate of drug-likeness (QED) is 0.686. The van der Waals surface area contributed by atoms with Crippen molar-refractivity contribution in [1.82, 2.24) is 4.98 Å². The van der Waals surface area contributed by atoms with Crippen molar-refractivity contribution < 1.29 is 19.4 Å². The molecular formula is C13H17ClN2O4. The number of halogens is 1. The summed E-state index contributed by atoms with van der Waals surface area (Å²) in [6.45, 7) is 6.24. The number of carboxylic acid groups (broad SMARTS) is 1. The Morgan fingerprint density at radius 3 is 2.35 bits per heavy atom. The second kappa shape index (κ2) is 5.66. The number of nitrogens with zero attached hydrogens (tertiary/aromatic N) is 2. The van der Waals surface area contributed by atoms with Crippen molar-refractivity contribution in [2.45, 2.75) is 38.3 Å². The molecule has 0 saturated carbocycles. The Morgan fingerprint density at radius 2 is 1.95 bits per heavy atom. The maximum atomic E-state index is 12.2. The van der Waals surface area contributed by atoms with E-state index < -0.39 is 22.7 Å². The molecular weight excluding hydrogens is 284 g/mol. The number of rotatable bonds is 3. The molecule has 0 radical (unpaired) electrons. The lowest BCUT2D eigenvalue weighted by molar-refractivity contribution is -0.139. The summed E-state index contributed by atoms with van der Waals surface area (Å²) in [4.78, 5) is 26.3. The van der Waals surface area contributed by atoms with E-state index in [9.17, 15) is 14.7 Å². The van der Waals surface area contributed by atoms with E-state index >= 15 is 0 Å². The minimum absolute atomic E-state index is 0.238. The zero-order valence-corrected chi connectivity index (χ0v) is 12.5. The zero-order valence-electron chi connectivity index (χ0n) is 11.8. The van der Waals surface area contributed by atoms with Gasteiger partial charge in [0, 0.05) is 6.20 Å². The molecule has 6 nitrogen and oxygen atoms in total. The highest BCUT2D eigenvalue weighted by molar-refractivity contribution is 6.36. The van der Waals surface area contributed by atoms with Crippen molar-refractivity contribution in [3.8, 4) is 0 Å². The number of ether oxygens (including phenoxy) is 1. The van der Waals surface area contributed by atoms with Crippen LogP contribution < -0.4 is 4.90 Å². The van der Waals surface area contributed by atoms with Crippen LogP contribution in [0.3, 0.4) is 0 Å². The number of aromatic nitrogens is 1. The van der Waals surface area contributed by atoms with Crippen LogP contribution >= 0.6 is 11.6 Å². The van der Waals surface area contributed by atoms with Crippen LogP contribution in [0.2, 0.25) is 0 Å². The van der Waals surface area contributed by atoms with Crippen molar-refractivity contribution in [3.05, 3.63) is 24.5 Å². The number of carbonyl (C=O) groups excluding carboxylic acids is 1. The Kier molecular flexibility index (Phi) is 4.60. The molecule has 1 atom stereocenters. The molecule has 0 aromatic carbocycles. The van der Waals surface area contributed by atoms with E-state index in [0.717, 1.165) is 4.90 Å². The van der Waals surface area contributed by atoms with Crippen LogP contribution in [0.5, 0.6) is 0 Å². The molecule has 7 heteroatoms. The molecule has 1 aromatic rings. The predicted molar refractivity (Wildman–Crippen MR) is 74.8 cm³/mol. The fraction of sp³-hybridized carbons (Fsp3) is 0.462. The van der Waals surface area contributed by atoms with Crippen molar-refractivity contribution in [1.29, 1.82) is 0 Å². The monoisotopic (exact) mass is 300 g/mol. The maximum absolute atomic E-state index is 12.2. The predicted octanol–water partition coefficient (Wildman–Crippen LogP) is 2.86. The van der Waals surface area contributed by atoms with Gasteiger partial charge in [0.05, 0.1) is 11.9 Å². The van der Waals surface area contributed by atoms with Gasteiger partial charge < -0.3 is 9.84 Å². The number of carboxylic acids is 1. The first-order valence-corrected chi connectivity index (χ1v) is 6.29. The summed E-state index contributed by atoms with van der Waals surface area (Å²) in [5.74, 6) is -1.37. The minimum atomic E-state index is -1.98. The smallest absolute Gasteiger partial charge is 0.416 e. The van der Waals surface area contributed by atoms with Gasteiger partial charge >= 0.3 is 12.1 Å². The lowest BCUT2D eigenvalue weighted by Gasteiger charge is -2.34. The Balaban J connectivity index is 3.23. The van der Waals surface area contributed by atoms with Crippen molar-refractivity contribution in [3.63, 3.8) is 0 Å². The Bertz CT molecular complexity index is 497. The van der Waals surface area contributed by atoms with Gasteiger partial charge in [-0.2, -0.15) is 0 Å². The average Bonchev–Trinajstić information content (AvgIpc) is 2.27. The third-order valence-corrected chi connectivity index (χ3v) is 2.62. The molecule has 20 heavy (non-hydrogen) atoms. The summed E-state index contributed by atoms with van der Waals surface area (Å²) in [7, 11) is 0. The number of hydrogen-bond acceptors (Lipinski definition) is 4. The molecule has 0 fully saturated rings. The Labute approximate surface area is 122 Å². The molecule has 0 spiro atoms. The fourth-order valence-corrected chi connectivity index (χ4v) is 1.58. The summed E-state index contributed by atoms with van der Waals surface area (Å²) >= 11 is 5.99. The summed E-state index contributed by atoms with van der Waals surface area (Å²) < 4.78 is 5.20. The lowest BCUT2D eigenvalue weighted by atomic mass is 10.2. The van der Waals surface area contributed by atoms with Crippen LogP contribution in [-0.2, 0) is 9.53 Å². The standard InChI is InChI=1S/C13H17ClN2O4/c1-12(2,3)20-11(19)16(13(4,14)10(17)18)9-6-5-7-15-8-9/h5-8H,1-4H3,(H,17,18)/t13-/m1/s1. The Hall–Kier alpha value is -1.82. The van der Waals surface area contributed by atoms with E-state index in [1.165, 1.54) is 25.4 Å². The zero-order chi connectivity index (χ0) is 15.6. The van der Waals surface area contributed by atoms with Gasteiger partial charge in [0.25, 0.3) is 0 Å². The van der Waals surface area contributed by atoms with Gasteiger partial charge in [-0.1, -0.05) is 11.6 Å². The molecule has 0 unspecified atom stereocenters. The average molecular weight is 301 g/mol. The van der Waals surface area contributed by atoms with Crippen LogP contribution in [0.25, 0.3) is 0 Å². The molecule has 0 saturated heterocycles. The van der Waals surface area contributed by atoms with Gasteiger partial charge in [-0.25, -0.2) is 14.5 Å². The molecule has 0 aliphatic carbocycles. The van der Waals surface area contributed by atoms with Gasteiger partial charge in [-0.3, -0.25) is 4.98 Å². The number of carbonyl (C=O) groups is 2. The van der Waals surface area contributed by atoms with E-state index in [4.69, 9.17) is 16.3 Å². The van der Waals surface area contributed by atoms with E-state index in [1.54, 1.807) is 26.8 Å². The van der Waals surface area contributed by atoms with Crippen LogP contribution in [0.4, 0.5) is 10.5 Å². The Morgan fingerprint density at radius 1 is 1.35 bits per heavy atom. The topological polar surface area (TPSA) is 79.7 Å². The summed E-state index contributed by atoms with van der Waals surface area (Å²) in [5, 5.41) is 9.22. The molecule has 1 aromatic heterocycles. The van der Waals surface area contributed by atoms with E-state index in [0.29, 0.717) is 0 Å². The van der Waals surface area contributed by atoms with Crippen molar-refractivity contribution in [2.24, 2.45) is 0 Å². The maximum Gasteiger partial charge on any atom is 0.416 e. The summed E-state index contributed by atoms with van der Waals surface area (Å²) in [6, 6.07) is 3.10. The van der Waals surface area contributed by atoms with E-state index in [-0.39, 0.29) is 5.69 Å². The van der Waals surface area contributed by atoms with Crippen LogP contribution in [-0.4, -0.2) is 32.8 Å². The van der Waals surface area contributed by atoms with Crippen molar-refractivity contribution >= 4 is 29.4 Å². The third-order valence-electron chi connectivity index (χ3n) is 2.29. The second-order valence-electron chi connectivity index (χ2n) is 5.29. The van der Waals surface area contributed by atoms with Gasteiger partial charge in [-0.15, -0.1) is 0 Å². The summed E-state index contributed by atoms with van der Waals surface area (Å²) in [6.07, 6.45) is 1.99. The number of aliphatic carboxylic acids is 1. The molecule has 1 amide bonds. The number of anilines is 1. The largest absolute Gasteiger partial charge is 0.479 e. The summed E-state index contributed by atoms with van der Waals surface area (Å²) in [5.41, 5.74) is -0.537. The molecule has 110 valence electrons. The fourth-order valence-electron chi connectivity index (χ4n) is 1.41. The number of pyridine rings is 1. The highest BCUT2D eigenvalue weighted by Crippen LogP contribution is 2.29. The highest BCUT2D eigenvalue weighted by atomic mass is 35.5. The third kappa shape index (κ3) is 3.84. The lowest BCUT2D eigenvalue weighted by Crippen LogP contribution is -2.53. The number of alkyl halides is 1. The molecule has 1 heterocycles. The molecule has 0 aliphatic rings. The molecule has 1 rings (SSSR count). The van der Waals surface area contributed by atoms with Gasteiger partial charge in [0.2, 0.25) is 5.00 Å². The SMILES string of the molecule is CC(C)(C)OC(=O)N(c1cccnc1)[C@@](C)(Cl)C(=O)O. The van der Waals surface area contributed by atoms with Crippen LogP contribution in [0, 0.1) is 0 Å². The van der Waals surface area contributed by atoms with E-state index in [2.05, 4.69) is 4.98 Å². The number of amides is 1. The number of hydrogen-bond donors (Lipinski definition) is 1. The second-order valence-corrected chi connectivity index (χ2v) is 6.02. The first-order chi connectivity index (χ1) is 9.05.